The van der Waals surface area contributed by atoms with E-state index in [1.807, 2.05) is 0 Å². The molecule has 1 rings (SSSR count). The quantitative estimate of drug-likeness (QED) is 0.609. The fourth-order valence-electron chi connectivity index (χ4n) is 1.37. The van der Waals surface area contributed by atoms with Crippen LogP contribution in [0.15, 0.2) is 0 Å². The molecule has 7 heteroatoms. The molecule has 0 aliphatic rings. The predicted octanol–water partition coefficient (Wildman–Crippen LogP) is 2.10. The summed E-state index contributed by atoms with van der Waals surface area (Å²) >= 11 is 5.92. The van der Waals surface area contributed by atoms with Crippen LogP contribution in [0.4, 0.5) is 11.6 Å². The van der Waals surface area contributed by atoms with Crippen LogP contribution in [0.25, 0.3) is 0 Å². The number of nitrogens with zero attached hydrogens (tertiary/aromatic N) is 2. The van der Waals surface area contributed by atoms with E-state index in [-0.39, 0.29) is 16.7 Å². The summed E-state index contributed by atoms with van der Waals surface area (Å²) in [5.41, 5.74) is 5.56. The molecule has 0 saturated carbocycles. The molecule has 1 aromatic rings. The van der Waals surface area contributed by atoms with E-state index in [2.05, 4.69) is 26.9 Å². The Balaban J connectivity index is 2.77. The van der Waals surface area contributed by atoms with Gasteiger partial charge in [0, 0.05) is 6.54 Å². The number of unbranched alkanes of at least 4 members (excludes halogenated alkanes) is 2. The monoisotopic (exact) mass is 272 g/mol. The molecule has 0 aromatic carbocycles. The average molecular weight is 273 g/mol. The number of halogens is 1. The highest BCUT2D eigenvalue weighted by Crippen LogP contribution is 2.20. The SMILES string of the molecule is CCCCCNc1nc(N)c(C(=O)OC)nc1Cl. The molecule has 6 nitrogen and oxygen atoms in total. The summed E-state index contributed by atoms with van der Waals surface area (Å²) < 4.78 is 4.52. The van der Waals surface area contributed by atoms with Crippen molar-refractivity contribution in [1.82, 2.24) is 9.97 Å². The van der Waals surface area contributed by atoms with Gasteiger partial charge in [-0.15, -0.1) is 0 Å². The van der Waals surface area contributed by atoms with Crippen LogP contribution in [-0.2, 0) is 4.74 Å². The smallest absolute Gasteiger partial charge is 0.360 e. The zero-order valence-corrected chi connectivity index (χ0v) is 11.3. The lowest BCUT2D eigenvalue weighted by Crippen LogP contribution is -2.13. The van der Waals surface area contributed by atoms with Crippen molar-refractivity contribution in [3.63, 3.8) is 0 Å². The normalized spacial score (nSPS) is 10.2. The first kappa shape index (κ1) is 14.5. The Labute approximate surface area is 111 Å². The predicted molar refractivity (Wildman–Crippen MR) is 70.8 cm³/mol. The van der Waals surface area contributed by atoms with Gasteiger partial charge in [0.15, 0.2) is 22.5 Å². The summed E-state index contributed by atoms with van der Waals surface area (Å²) in [6.45, 7) is 2.86. The maximum atomic E-state index is 11.3. The molecule has 3 N–H and O–H groups in total. The highest BCUT2D eigenvalue weighted by molar-refractivity contribution is 6.31. The molecule has 1 heterocycles. The topological polar surface area (TPSA) is 90.1 Å². The van der Waals surface area contributed by atoms with Crippen LogP contribution in [0.5, 0.6) is 0 Å². The summed E-state index contributed by atoms with van der Waals surface area (Å²) in [4.78, 5) is 19.2. The van der Waals surface area contributed by atoms with Gasteiger partial charge in [0.25, 0.3) is 0 Å². The first-order chi connectivity index (χ1) is 8.60. The summed E-state index contributed by atoms with van der Waals surface area (Å²) in [7, 11) is 1.24. The Bertz CT molecular complexity index is 426. The molecule has 0 saturated heterocycles. The van der Waals surface area contributed by atoms with Crippen molar-refractivity contribution in [2.24, 2.45) is 0 Å². The number of nitrogens with one attached hydrogen (secondary N) is 1. The summed E-state index contributed by atoms with van der Waals surface area (Å²) in [5, 5.41) is 3.15. The number of ether oxygens (including phenoxy) is 1. The second kappa shape index (κ2) is 7.00. The number of anilines is 2. The van der Waals surface area contributed by atoms with Gasteiger partial charge in [-0.3, -0.25) is 0 Å². The number of rotatable bonds is 6. The number of carbonyl (C=O) groups excluding carboxylic acids is 1. The average Bonchev–Trinajstić information content (AvgIpc) is 2.37. The lowest BCUT2D eigenvalue weighted by atomic mass is 10.2. The zero-order chi connectivity index (χ0) is 13.5. The summed E-state index contributed by atoms with van der Waals surface area (Å²) in [5.74, 6) is -0.262. The lowest BCUT2D eigenvalue weighted by molar-refractivity contribution is 0.0595. The molecule has 0 spiro atoms. The van der Waals surface area contributed by atoms with E-state index in [1.165, 1.54) is 7.11 Å². The summed E-state index contributed by atoms with van der Waals surface area (Å²) in [6, 6.07) is 0. The molecular weight excluding hydrogens is 256 g/mol. The minimum Gasteiger partial charge on any atom is -0.464 e. The van der Waals surface area contributed by atoms with Crippen molar-refractivity contribution in [2.75, 3.05) is 24.7 Å². The van der Waals surface area contributed by atoms with E-state index in [9.17, 15) is 4.79 Å². The van der Waals surface area contributed by atoms with Gasteiger partial charge in [-0.05, 0) is 6.42 Å². The molecule has 0 radical (unpaired) electrons. The van der Waals surface area contributed by atoms with E-state index in [1.54, 1.807) is 0 Å². The van der Waals surface area contributed by atoms with Gasteiger partial charge in [0.2, 0.25) is 0 Å². The Morgan fingerprint density at radius 2 is 2.17 bits per heavy atom. The molecule has 18 heavy (non-hydrogen) atoms. The van der Waals surface area contributed by atoms with Crippen LogP contribution in [0.1, 0.15) is 36.7 Å². The van der Waals surface area contributed by atoms with Crippen molar-refractivity contribution in [1.29, 1.82) is 0 Å². The highest BCUT2D eigenvalue weighted by Gasteiger charge is 2.16. The number of aromatic nitrogens is 2. The van der Waals surface area contributed by atoms with Crippen LogP contribution < -0.4 is 11.1 Å². The Hall–Kier alpha value is -1.56. The van der Waals surface area contributed by atoms with E-state index >= 15 is 0 Å². The molecule has 0 amide bonds. The maximum Gasteiger partial charge on any atom is 0.360 e. The number of carbonyl (C=O) groups is 1. The molecule has 0 unspecified atom stereocenters. The van der Waals surface area contributed by atoms with Gasteiger partial charge >= 0.3 is 5.97 Å². The second-order valence-corrected chi connectivity index (χ2v) is 4.08. The van der Waals surface area contributed by atoms with Crippen LogP contribution in [0, 0.1) is 0 Å². The van der Waals surface area contributed by atoms with Gasteiger partial charge in [-0.25, -0.2) is 14.8 Å². The second-order valence-electron chi connectivity index (χ2n) is 3.72. The standard InChI is InChI=1S/C11H17ClN4O2/c1-3-4-5-6-14-10-8(12)15-7(9(13)16-10)11(17)18-2/h3-6H2,1-2H3,(H3,13,14,16). The van der Waals surface area contributed by atoms with Gasteiger partial charge in [-0.2, -0.15) is 0 Å². The third-order valence-electron chi connectivity index (χ3n) is 2.33. The van der Waals surface area contributed by atoms with Crippen molar-refractivity contribution in [3.05, 3.63) is 10.8 Å². The highest BCUT2D eigenvalue weighted by atomic mass is 35.5. The molecule has 1 aromatic heterocycles. The maximum absolute atomic E-state index is 11.3. The largest absolute Gasteiger partial charge is 0.464 e. The fraction of sp³-hybridized carbons (Fsp3) is 0.545. The Morgan fingerprint density at radius 3 is 2.78 bits per heavy atom. The number of hydrogen-bond donors (Lipinski definition) is 2. The van der Waals surface area contributed by atoms with E-state index in [0.717, 1.165) is 25.8 Å². The van der Waals surface area contributed by atoms with E-state index < -0.39 is 5.97 Å². The van der Waals surface area contributed by atoms with Crippen molar-refractivity contribution < 1.29 is 9.53 Å². The van der Waals surface area contributed by atoms with Crippen molar-refractivity contribution >= 4 is 29.2 Å². The van der Waals surface area contributed by atoms with Gasteiger partial charge in [-0.1, -0.05) is 31.4 Å². The van der Waals surface area contributed by atoms with Gasteiger partial charge < -0.3 is 15.8 Å². The third kappa shape index (κ3) is 3.73. The van der Waals surface area contributed by atoms with Gasteiger partial charge in [0.05, 0.1) is 7.11 Å². The van der Waals surface area contributed by atoms with Crippen LogP contribution >= 0.6 is 11.6 Å². The van der Waals surface area contributed by atoms with Crippen LogP contribution in [0.3, 0.4) is 0 Å². The zero-order valence-electron chi connectivity index (χ0n) is 10.5. The van der Waals surface area contributed by atoms with E-state index in [4.69, 9.17) is 17.3 Å². The number of methoxy groups -OCH3 is 1. The summed E-state index contributed by atoms with van der Waals surface area (Å²) in [6.07, 6.45) is 3.26. The number of nitrogens with two attached hydrogens (primary N) is 1. The number of nitrogen functional groups attached to an aromatic ring is 1. The molecule has 0 atom stereocenters. The molecule has 0 aliphatic heterocycles. The number of hydrogen-bond acceptors (Lipinski definition) is 6. The molecule has 0 fully saturated rings. The third-order valence-corrected chi connectivity index (χ3v) is 2.60. The molecule has 0 bridgehead atoms. The molecular formula is C11H17ClN4O2. The van der Waals surface area contributed by atoms with E-state index in [0.29, 0.717) is 5.82 Å². The first-order valence-corrected chi connectivity index (χ1v) is 6.13. The Kier molecular flexibility index (Phi) is 5.64. The molecule has 100 valence electrons. The van der Waals surface area contributed by atoms with Crippen LogP contribution in [0.2, 0.25) is 5.15 Å². The fourth-order valence-corrected chi connectivity index (χ4v) is 1.56. The lowest BCUT2D eigenvalue weighted by Gasteiger charge is -2.09. The molecule has 0 aliphatic carbocycles. The number of esters is 1. The van der Waals surface area contributed by atoms with Crippen LogP contribution in [-0.4, -0.2) is 29.6 Å². The van der Waals surface area contributed by atoms with Crippen molar-refractivity contribution in [2.45, 2.75) is 26.2 Å². The van der Waals surface area contributed by atoms with Gasteiger partial charge in [0.1, 0.15) is 0 Å². The first-order valence-electron chi connectivity index (χ1n) is 5.75. The van der Waals surface area contributed by atoms with Crippen molar-refractivity contribution in [3.8, 4) is 0 Å². The minimum absolute atomic E-state index is 0.00393. The Morgan fingerprint density at radius 1 is 1.44 bits per heavy atom. The minimum atomic E-state index is -0.653.